The predicted octanol–water partition coefficient (Wildman–Crippen LogP) is 4.81. The van der Waals surface area contributed by atoms with Gasteiger partial charge in [-0.05, 0) is 36.5 Å². The first-order valence-electron chi connectivity index (χ1n) is 8.77. The smallest absolute Gasteiger partial charge is 0.226 e. The van der Waals surface area contributed by atoms with Crippen LogP contribution in [0.5, 0.6) is 0 Å². The zero-order chi connectivity index (χ0) is 17.5. The molecule has 3 nitrogen and oxygen atoms in total. The average Bonchev–Trinajstić information content (AvgIpc) is 3.08. The fourth-order valence-corrected chi connectivity index (χ4v) is 4.84. The van der Waals surface area contributed by atoms with Crippen LogP contribution in [0, 0.1) is 11.7 Å². The minimum absolute atomic E-state index is 0.0611. The summed E-state index contributed by atoms with van der Waals surface area (Å²) in [4.78, 5) is 16.6. The minimum Gasteiger partial charge on any atom is -0.355 e. The van der Waals surface area contributed by atoms with Crippen molar-refractivity contribution in [3.63, 3.8) is 0 Å². The van der Waals surface area contributed by atoms with E-state index in [1.54, 1.807) is 35.2 Å². The third kappa shape index (κ3) is 6.12. The molecule has 1 aliphatic rings. The molecule has 1 N–H and O–H groups in total. The van der Waals surface area contributed by atoms with Gasteiger partial charge >= 0.3 is 0 Å². The Morgan fingerprint density at radius 2 is 2.00 bits per heavy atom. The third-order valence-electron chi connectivity index (χ3n) is 4.46. The van der Waals surface area contributed by atoms with Crippen LogP contribution < -0.4 is 5.32 Å². The van der Waals surface area contributed by atoms with Gasteiger partial charge in [-0.3, -0.25) is 4.79 Å². The summed E-state index contributed by atoms with van der Waals surface area (Å²) in [5.41, 5.74) is 1.89. The van der Waals surface area contributed by atoms with Crippen molar-refractivity contribution in [2.24, 2.45) is 5.92 Å². The van der Waals surface area contributed by atoms with Gasteiger partial charge in [0, 0.05) is 17.7 Å². The number of thiazole rings is 1. The van der Waals surface area contributed by atoms with Crippen LogP contribution in [0.1, 0.15) is 43.4 Å². The van der Waals surface area contributed by atoms with Gasteiger partial charge in [0.2, 0.25) is 5.91 Å². The van der Waals surface area contributed by atoms with Crippen molar-refractivity contribution in [3.05, 3.63) is 46.7 Å². The van der Waals surface area contributed by atoms with Gasteiger partial charge in [0.15, 0.2) is 0 Å². The van der Waals surface area contributed by atoms with Crippen molar-refractivity contribution >= 4 is 29.0 Å². The SMILES string of the molecule is O=C(Cc1csc(SCc2ccc(F)cc2)n1)NCC1CCCCC1. The average molecular weight is 379 g/mol. The lowest BCUT2D eigenvalue weighted by Gasteiger charge is -2.21. The highest BCUT2D eigenvalue weighted by Crippen LogP contribution is 2.26. The standard InChI is InChI=1S/C19H23FN2OS2/c20-16-8-6-15(7-9-16)12-24-19-22-17(13-25-19)10-18(23)21-11-14-4-2-1-3-5-14/h6-9,13-14H,1-5,10-12H2,(H,21,23). The molecule has 6 heteroatoms. The van der Waals surface area contributed by atoms with Gasteiger partial charge in [0.25, 0.3) is 0 Å². The molecule has 1 aliphatic carbocycles. The van der Waals surface area contributed by atoms with E-state index in [0.29, 0.717) is 12.3 Å². The van der Waals surface area contributed by atoms with E-state index in [-0.39, 0.29) is 11.7 Å². The number of amides is 1. The summed E-state index contributed by atoms with van der Waals surface area (Å²) >= 11 is 3.17. The number of hydrogen-bond donors (Lipinski definition) is 1. The summed E-state index contributed by atoms with van der Waals surface area (Å²) in [5.74, 6) is 1.24. The number of nitrogens with one attached hydrogen (secondary N) is 1. The number of halogens is 1. The molecule has 0 aliphatic heterocycles. The maximum atomic E-state index is 12.9. The molecular formula is C19H23FN2OS2. The molecule has 0 spiro atoms. The summed E-state index contributed by atoms with van der Waals surface area (Å²) in [7, 11) is 0. The lowest BCUT2D eigenvalue weighted by molar-refractivity contribution is -0.120. The van der Waals surface area contributed by atoms with Gasteiger partial charge < -0.3 is 5.32 Å². The van der Waals surface area contributed by atoms with Crippen molar-refractivity contribution in [2.45, 2.75) is 48.6 Å². The van der Waals surface area contributed by atoms with Gasteiger partial charge in [-0.1, -0.05) is 43.2 Å². The van der Waals surface area contributed by atoms with Crippen molar-refractivity contribution in [3.8, 4) is 0 Å². The fourth-order valence-electron chi connectivity index (χ4n) is 3.04. The second kappa shape index (κ2) is 9.34. The van der Waals surface area contributed by atoms with Gasteiger partial charge in [-0.2, -0.15) is 0 Å². The summed E-state index contributed by atoms with van der Waals surface area (Å²) in [6.45, 7) is 0.801. The summed E-state index contributed by atoms with van der Waals surface area (Å²) in [6, 6.07) is 6.52. The first kappa shape index (κ1) is 18.4. The fraction of sp³-hybridized carbons (Fsp3) is 0.474. The van der Waals surface area contributed by atoms with Crippen LogP contribution in [0.2, 0.25) is 0 Å². The van der Waals surface area contributed by atoms with E-state index >= 15 is 0 Å². The third-order valence-corrected chi connectivity index (χ3v) is 6.60. The molecule has 1 saturated carbocycles. The van der Waals surface area contributed by atoms with Gasteiger partial charge in [0.1, 0.15) is 10.2 Å². The summed E-state index contributed by atoms with van der Waals surface area (Å²) in [6.07, 6.45) is 6.74. The molecule has 134 valence electrons. The first-order valence-corrected chi connectivity index (χ1v) is 10.6. The second-order valence-corrected chi connectivity index (χ2v) is 8.59. The Morgan fingerprint density at radius 1 is 1.24 bits per heavy atom. The molecule has 1 aromatic heterocycles. The minimum atomic E-state index is -0.218. The number of carbonyl (C=O) groups excluding carboxylic acids is 1. The van der Waals surface area contributed by atoms with Crippen LogP contribution in [-0.4, -0.2) is 17.4 Å². The Balaban J connectivity index is 1.41. The predicted molar refractivity (Wildman–Crippen MR) is 101 cm³/mol. The molecule has 0 radical (unpaired) electrons. The second-order valence-electron chi connectivity index (χ2n) is 6.50. The van der Waals surface area contributed by atoms with E-state index in [0.717, 1.165) is 27.9 Å². The molecule has 2 aromatic rings. The van der Waals surface area contributed by atoms with E-state index < -0.39 is 0 Å². The van der Waals surface area contributed by atoms with Crippen molar-refractivity contribution < 1.29 is 9.18 Å². The normalized spacial score (nSPS) is 15.2. The number of hydrogen-bond acceptors (Lipinski definition) is 4. The highest BCUT2D eigenvalue weighted by molar-refractivity contribution is 8.00. The number of nitrogens with zero attached hydrogens (tertiary/aromatic N) is 1. The lowest BCUT2D eigenvalue weighted by atomic mass is 9.89. The number of thioether (sulfide) groups is 1. The quantitative estimate of drug-likeness (QED) is 0.703. The largest absolute Gasteiger partial charge is 0.355 e. The van der Waals surface area contributed by atoms with E-state index in [1.807, 2.05) is 5.38 Å². The Hall–Kier alpha value is -1.40. The lowest BCUT2D eigenvalue weighted by Crippen LogP contribution is -2.31. The Bertz CT molecular complexity index is 681. The van der Waals surface area contributed by atoms with E-state index in [2.05, 4.69) is 10.3 Å². The molecule has 1 fully saturated rings. The molecule has 1 heterocycles. The molecule has 0 saturated heterocycles. The van der Waals surface area contributed by atoms with Crippen molar-refractivity contribution in [1.82, 2.24) is 10.3 Å². The number of rotatable bonds is 7. The van der Waals surface area contributed by atoms with E-state index in [9.17, 15) is 9.18 Å². The van der Waals surface area contributed by atoms with Crippen LogP contribution in [0.15, 0.2) is 34.0 Å². The molecule has 0 bridgehead atoms. The van der Waals surface area contributed by atoms with E-state index in [4.69, 9.17) is 0 Å². The zero-order valence-corrected chi connectivity index (χ0v) is 15.8. The van der Waals surface area contributed by atoms with Crippen LogP contribution in [0.3, 0.4) is 0 Å². The number of carbonyl (C=O) groups is 1. The molecule has 25 heavy (non-hydrogen) atoms. The molecule has 1 amide bonds. The van der Waals surface area contributed by atoms with Gasteiger partial charge in [-0.25, -0.2) is 9.37 Å². The van der Waals surface area contributed by atoms with Crippen LogP contribution >= 0.6 is 23.1 Å². The topological polar surface area (TPSA) is 42.0 Å². The summed E-state index contributed by atoms with van der Waals surface area (Å²) < 4.78 is 13.8. The molecule has 3 rings (SSSR count). The monoisotopic (exact) mass is 378 g/mol. The highest BCUT2D eigenvalue weighted by Gasteiger charge is 2.15. The molecular weight excluding hydrogens is 355 g/mol. The van der Waals surface area contributed by atoms with Crippen LogP contribution in [-0.2, 0) is 17.0 Å². The Labute approximate surface area is 156 Å². The van der Waals surface area contributed by atoms with Crippen molar-refractivity contribution in [2.75, 3.05) is 6.54 Å². The van der Waals surface area contributed by atoms with E-state index in [1.165, 1.54) is 44.2 Å². The van der Waals surface area contributed by atoms with Crippen molar-refractivity contribution in [1.29, 1.82) is 0 Å². The number of benzene rings is 1. The maximum absolute atomic E-state index is 12.9. The Kier molecular flexibility index (Phi) is 6.87. The molecule has 0 unspecified atom stereocenters. The summed E-state index contributed by atoms with van der Waals surface area (Å²) in [5, 5.41) is 5.01. The van der Waals surface area contributed by atoms with Crippen LogP contribution in [0.4, 0.5) is 4.39 Å². The zero-order valence-electron chi connectivity index (χ0n) is 14.2. The van der Waals surface area contributed by atoms with Crippen LogP contribution in [0.25, 0.3) is 0 Å². The molecule has 0 atom stereocenters. The maximum Gasteiger partial charge on any atom is 0.226 e. The first-order chi connectivity index (χ1) is 12.2. The van der Waals surface area contributed by atoms with Gasteiger partial charge in [0.05, 0.1) is 12.1 Å². The molecule has 1 aromatic carbocycles. The number of aromatic nitrogens is 1. The Morgan fingerprint density at radius 3 is 2.76 bits per heavy atom. The van der Waals surface area contributed by atoms with Gasteiger partial charge in [-0.15, -0.1) is 11.3 Å². The highest BCUT2D eigenvalue weighted by atomic mass is 32.2.